The van der Waals surface area contributed by atoms with Crippen LogP contribution in [0.2, 0.25) is 0 Å². The highest BCUT2D eigenvalue weighted by Crippen LogP contribution is 2.17. The van der Waals surface area contributed by atoms with E-state index in [1.807, 2.05) is 26.0 Å². The van der Waals surface area contributed by atoms with Gasteiger partial charge in [-0.3, -0.25) is 0 Å². The Morgan fingerprint density at radius 1 is 1.14 bits per heavy atom. The second-order valence-corrected chi connectivity index (χ2v) is 8.69. The second-order valence-electron chi connectivity index (χ2n) is 6.67. The SMILES string of the molecule is CCNC(=NCC(C)Oc1ccccc1F)NCCc1ccc(S(C)(=O)=O)cc1. The van der Waals surface area contributed by atoms with Gasteiger partial charge < -0.3 is 15.4 Å². The molecular weight excluding hydrogens is 393 g/mol. The topological polar surface area (TPSA) is 79.8 Å². The molecule has 6 nitrogen and oxygen atoms in total. The maximum absolute atomic E-state index is 13.7. The van der Waals surface area contributed by atoms with Crippen molar-refractivity contribution in [2.45, 2.75) is 31.3 Å². The number of sulfone groups is 1. The number of rotatable bonds is 9. The van der Waals surface area contributed by atoms with Crippen LogP contribution in [0.1, 0.15) is 19.4 Å². The maximum Gasteiger partial charge on any atom is 0.191 e. The molecule has 0 radical (unpaired) electrons. The van der Waals surface area contributed by atoms with E-state index in [0.29, 0.717) is 30.5 Å². The molecule has 0 aromatic heterocycles. The van der Waals surface area contributed by atoms with Gasteiger partial charge in [-0.1, -0.05) is 24.3 Å². The summed E-state index contributed by atoms with van der Waals surface area (Å²) >= 11 is 0. The summed E-state index contributed by atoms with van der Waals surface area (Å²) in [5, 5.41) is 6.39. The van der Waals surface area contributed by atoms with Crippen molar-refractivity contribution in [2.24, 2.45) is 4.99 Å². The van der Waals surface area contributed by atoms with Crippen molar-refractivity contribution in [1.29, 1.82) is 0 Å². The number of hydrogen-bond donors (Lipinski definition) is 2. The number of benzene rings is 2. The minimum atomic E-state index is -3.18. The van der Waals surface area contributed by atoms with E-state index in [4.69, 9.17) is 4.74 Å². The number of ether oxygens (including phenoxy) is 1. The summed E-state index contributed by atoms with van der Waals surface area (Å²) in [6.07, 6.45) is 1.63. The van der Waals surface area contributed by atoms with Gasteiger partial charge in [-0.2, -0.15) is 0 Å². The molecule has 2 aromatic carbocycles. The lowest BCUT2D eigenvalue weighted by Crippen LogP contribution is -2.39. The third-order valence-electron chi connectivity index (χ3n) is 4.07. The van der Waals surface area contributed by atoms with Gasteiger partial charge in [0.05, 0.1) is 11.4 Å². The first-order valence-corrected chi connectivity index (χ1v) is 11.4. The van der Waals surface area contributed by atoms with Gasteiger partial charge >= 0.3 is 0 Å². The van der Waals surface area contributed by atoms with Gasteiger partial charge in [-0.15, -0.1) is 0 Å². The molecule has 0 spiro atoms. The highest BCUT2D eigenvalue weighted by atomic mass is 32.2. The van der Waals surface area contributed by atoms with E-state index in [2.05, 4.69) is 15.6 Å². The number of nitrogens with zero attached hydrogens (tertiary/aromatic N) is 1. The zero-order valence-corrected chi connectivity index (χ0v) is 17.8. The lowest BCUT2D eigenvalue weighted by Gasteiger charge is -2.15. The molecule has 1 atom stereocenters. The Balaban J connectivity index is 1.86. The van der Waals surface area contributed by atoms with Gasteiger partial charge in [0.15, 0.2) is 27.4 Å². The zero-order chi connectivity index (χ0) is 21.3. The summed E-state index contributed by atoms with van der Waals surface area (Å²) in [5.41, 5.74) is 1.03. The molecule has 2 aromatic rings. The van der Waals surface area contributed by atoms with Gasteiger partial charge in [-0.25, -0.2) is 17.8 Å². The lowest BCUT2D eigenvalue weighted by atomic mass is 10.1. The molecule has 0 bridgehead atoms. The first-order valence-electron chi connectivity index (χ1n) is 9.52. The van der Waals surface area contributed by atoms with Gasteiger partial charge in [0.1, 0.15) is 6.10 Å². The Bertz CT molecular complexity index is 915. The first-order chi connectivity index (χ1) is 13.8. The fourth-order valence-electron chi connectivity index (χ4n) is 2.58. The number of nitrogens with one attached hydrogen (secondary N) is 2. The van der Waals surface area contributed by atoms with Crippen LogP contribution in [0, 0.1) is 5.82 Å². The number of halogens is 1. The van der Waals surface area contributed by atoms with E-state index < -0.39 is 15.7 Å². The number of aliphatic imine (C=N–C) groups is 1. The normalized spacial score (nSPS) is 13.0. The fraction of sp³-hybridized carbons (Fsp3) is 0.381. The number of hydrogen-bond acceptors (Lipinski definition) is 4. The van der Waals surface area contributed by atoms with Crippen LogP contribution < -0.4 is 15.4 Å². The van der Waals surface area contributed by atoms with E-state index in [9.17, 15) is 12.8 Å². The molecule has 0 saturated heterocycles. The van der Waals surface area contributed by atoms with Crippen LogP contribution in [-0.2, 0) is 16.3 Å². The molecule has 0 aliphatic carbocycles. The van der Waals surface area contributed by atoms with E-state index in [1.165, 1.54) is 12.3 Å². The summed E-state index contributed by atoms with van der Waals surface area (Å²) in [6, 6.07) is 13.2. The predicted molar refractivity (Wildman–Crippen MR) is 114 cm³/mol. The Morgan fingerprint density at radius 2 is 1.83 bits per heavy atom. The average molecular weight is 422 g/mol. The third kappa shape index (κ3) is 7.73. The second kappa shape index (κ2) is 10.8. The van der Waals surface area contributed by atoms with Gasteiger partial charge in [0.25, 0.3) is 0 Å². The summed E-state index contributed by atoms with van der Waals surface area (Å²) in [4.78, 5) is 4.80. The van der Waals surface area contributed by atoms with Crippen LogP contribution in [0.3, 0.4) is 0 Å². The minimum absolute atomic E-state index is 0.214. The molecule has 0 aliphatic heterocycles. The molecule has 1 unspecified atom stereocenters. The van der Waals surface area contributed by atoms with Gasteiger partial charge in [0, 0.05) is 19.3 Å². The highest BCUT2D eigenvalue weighted by molar-refractivity contribution is 7.90. The molecule has 0 fully saturated rings. The predicted octanol–water partition coefficient (Wildman–Crippen LogP) is 2.79. The molecule has 8 heteroatoms. The zero-order valence-electron chi connectivity index (χ0n) is 17.0. The molecule has 0 amide bonds. The molecule has 0 saturated carbocycles. The van der Waals surface area contributed by atoms with Crippen LogP contribution in [0.5, 0.6) is 5.75 Å². The van der Waals surface area contributed by atoms with Gasteiger partial charge in [-0.05, 0) is 50.1 Å². The molecular formula is C21H28FN3O3S. The van der Waals surface area contributed by atoms with Crippen LogP contribution in [0.15, 0.2) is 58.4 Å². The van der Waals surface area contributed by atoms with Gasteiger partial charge in [0.2, 0.25) is 0 Å². The quantitative estimate of drug-likeness (QED) is 0.481. The van der Waals surface area contributed by atoms with E-state index in [0.717, 1.165) is 12.0 Å². The molecule has 0 heterocycles. The Hall–Kier alpha value is -2.61. The summed E-state index contributed by atoms with van der Waals surface area (Å²) in [6.45, 7) is 5.51. The average Bonchev–Trinajstić information content (AvgIpc) is 2.67. The first kappa shape index (κ1) is 22.7. The van der Waals surface area contributed by atoms with Crippen molar-refractivity contribution in [3.63, 3.8) is 0 Å². The largest absolute Gasteiger partial charge is 0.486 e. The summed E-state index contributed by atoms with van der Waals surface area (Å²) in [5.74, 6) is 0.463. The van der Waals surface area contributed by atoms with Crippen molar-refractivity contribution in [1.82, 2.24) is 10.6 Å². The van der Waals surface area contributed by atoms with Crippen LogP contribution in [0.25, 0.3) is 0 Å². The van der Waals surface area contributed by atoms with Crippen LogP contribution in [-0.4, -0.2) is 46.4 Å². The molecule has 2 rings (SSSR count). The standard InChI is InChI=1S/C21H28FN3O3S/c1-4-23-21(25-15-16(2)28-20-8-6-5-7-19(20)22)24-14-13-17-9-11-18(12-10-17)29(3,26)27/h5-12,16H,4,13-15H2,1-3H3,(H2,23,24,25). The van der Waals surface area contributed by atoms with Crippen molar-refractivity contribution >= 4 is 15.8 Å². The number of para-hydroxylation sites is 1. The van der Waals surface area contributed by atoms with Crippen molar-refractivity contribution in [3.05, 3.63) is 59.9 Å². The summed E-state index contributed by atoms with van der Waals surface area (Å²) < 4.78 is 42.3. The smallest absolute Gasteiger partial charge is 0.191 e. The molecule has 29 heavy (non-hydrogen) atoms. The lowest BCUT2D eigenvalue weighted by molar-refractivity contribution is 0.220. The fourth-order valence-corrected chi connectivity index (χ4v) is 3.21. The Labute approximate surface area is 172 Å². The molecule has 2 N–H and O–H groups in total. The van der Waals surface area contributed by atoms with Crippen LogP contribution in [0.4, 0.5) is 4.39 Å². The number of guanidine groups is 1. The maximum atomic E-state index is 13.7. The Morgan fingerprint density at radius 3 is 2.45 bits per heavy atom. The summed E-state index contributed by atoms with van der Waals surface area (Å²) in [7, 11) is -3.18. The monoisotopic (exact) mass is 421 g/mol. The van der Waals surface area contributed by atoms with E-state index >= 15 is 0 Å². The highest BCUT2D eigenvalue weighted by Gasteiger charge is 2.09. The van der Waals surface area contributed by atoms with Crippen molar-refractivity contribution < 1.29 is 17.5 Å². The third-order valence-corrected chi connectivity index (χ3v) is 5.20. The molecule has 0 aliphatic rings. The minimum Gasteiger partial charge on any atom is -0.486 e. The van der Waals surface area contributed by atoms with E-state index in [-0.39, 0.29) is 11.9 Å². The van der Waals surface area contributed by atoms with Crippen molar-refractivity contribution in [3.8, 4) is 5.75 Å². The van der Waals surface area contributed by atoms with Crippen LogP contribution >= 0.6 is 0 Å². The Kier molecular flexibility index (Phi) is 8.45. The van der Waals surface area contributed by atoms with E-state index in [1.54, 1.807) is 30.3 Å². The molecule has 158 valence electrons. The van der Waals surface area contributed by atoms with Crippen molar-refractivity contribution in [2.75, 3.05) is 25.9 Å².